The van der Waals surface area contributed by atoms with Gasteiger partial charge in [0.25, 0.3) is 0 Å². The van der Waals surface area contributed by atoms with Gasteiger partial charge in [0.1, 0.15) is 11.5 Å². The predicted octanol–water partition coefficient (Wildman–Crippen LogP) is 6.60. The highest BCUT2D eigenvalue weighted by atomic mass is 35.5. The molecule has 0 heterocycles. The molecule has 0 N–H and O–H groups in total. The van der Waals surface area contributed by atoms with E-state index in [9.17, 15) is 0 Å². The Hall–Kier alpha value is -0.990. The molecule has 0 aliphatic rings. The van der Waals surface area contributed by atoms with Crippen LogP contribution < -0.4 is 20.1 Å². The summed E-state index contributed by atoms with van der Waals surface area (Å²) in [6.07, 6.45) is 0. The van der Waals surface area contributed by atoms with Gasteiger partial charge in [-0.3, -0.25) is 0 Å². The molecule has 2 aromatic rings. The van der Waals surface area contributed by atoms with Gasteiger partial charge in [-0.25, -0.2) is 0 Å². The molecule has 0 amide bonds. The highest BCUT2D eigenvalue weighted by molar-refractivity contribution is 7.69. The Morgan fingerprint density at radius 1 is 0.655 bits per heavy atom. The smallest absolute Gasteiger partial charge is 0.132 e. The average Bonchev–Trinajstić information content (AvgIpc) is 2.60. The molecule has 6 heteroatoms. The summed E-state index contributed by atoms with van der Waals surface area (Å²) < 4.78 is 17.8. The summed E-state index contributed by atoms with van der Waals surface area (Å²) in [6.45, 7) is 12.8. The van der Waals surface area contributed by atoms with Gasteiger partial charge in [-0.2, -0.15) is 0 Å². The van der Waals surface area contributed by atoms with Gasteiger partial charge in [0, 0.05) is 28.3 Å². The maximum Gasteiger partial charge on any atom is 0.132 e. The molecule has 2 rings (SSSR count). The molecule has 0 atom stereocenters. The lowest BCUT2D eigenvalue weighted by molar-refractivity contribution is 0.397. The minimum Gasteiger partial charge on any atom is -0.496 e. The second kappa shape index (κ2) is 9.02. The lowest BCUT2D eigenvalue weighted by atomic mass is 9.86. The third kappa shape index (κ3) is 5.20. The van der Waals surface area contributed by atoms with Crippen molar-refractivity contribution in [3.63, 3.8) is 0 Å². The van der Waals surface area contributed by atoms with E-state index in [1.807, 2.05) is 24.3 Å². The van der Waals surface area contributed by atoms with Crippen molar-refractivity contribution in [2.45, 2.75) is 52.4 Å². The predicted molar refractivity (Wildman–Crippen MR) is 127 cm³/mol. The molecule has 160 valence electrons. The molecule has 0 unspecified atom stereocenters. The standard InChI is InChI=1S/C23H31Cl2O3P/c1-22(2,3)16-10-14(24)12-18(20(16)26-7)29(28-9)19-13-15(25)11-17(21(19)27-8)23(4,5)6/h10-13H,1-9H3. The molecule has 0 radical (unpaired) electrons. The van der Waals surface area contributed by atoms with Crippen LogP contribution in [0.5, 0.6) is 11.5 Å². The van der Waals surface area contributed by atoms with E-state index in [0.717, 1.165) is 33.2 Å². The van der Waals surface area contributed by atoms with E-state index in [2.05, 4.69) is 41.5 Å². The van der Waals surface area contributed by atoms with Crippen LogP contribution in [0.25, 0.3) is 0 Å². The maximum absolute atomic E-state index is 6.52. The third-order valence-electron chi connectivity index (χ3n) is 4.71. The van der Waals surface area contributed by atoms with Crippen LogP contribution in [0.3, 0.4) is 0 Å². The average molecular weight is 457 g/mol. The molecular weight excluding hydrogens is 426 g/mol. The second-order valence-corrected chi connectivity index (χ2v) is 11.8. The van der Waals surface area contributed by atoms with Crippen LogP contribution in [0.4, 0.5) is 0 Å². The van der Waals surface area contributed by atoms with Crippen LogP contribution in [0, 0.1) is 0 Å². The van der Waals surface area contributed by atoms with Crippen LogP contribution in [0.2, 0.25) is 10.0 Å². The fourth-order valence-electron chi connectivity index (χ4n) is 3.33. The van der Waals surface area contributed by atoms with Gasteiger partial charge in [0.05, 0.1) is 33.0 Å². The first-order valence-corrected chi connectivity index (χ1v) is 11.5. The minimum absolute atomic E-state index is 0.144. The molecule has 0 saturated heterocycles. The summed E-state index contributed by atoms with van der Waals surface area (Å²) in [7, 11) is 3.78. The quantitative estimate of drug-likeness (QED) is 0.474. The van der Waals surface area contributed by atoms with Gasteiger partial charge < -0.3 is 14.0 Å². The first-order valence-electron chi connectivity index (χ1n) is 9.45. The molecule has 29 heavy (non-hydrogen) atoms. The van der Waals surface area contributed by atoms with Crippen molar-refractivity contribution < 1.29 is 14.0 Å². The summed E-state index contributed by atoms with van der Waals surface area (Å²) in [6, 6.07) is 7.76. The largest absolute Gasteiger partial charge is 0.496 e. The Labute approximate surface area is 186 Å². The molecule has 0 saturated carbocycles. The van der Waals surface area contributed by atoms with E-state index in [1.165, 1.54) is 0 Å². The summed E-state index contributed by atoms with van der Waals surface area (Å²) in [4.78, 5) is 0. The fraction of sp³-hybridized carbons (Fsp3) is 0.478. The van der Waals surface area contributed by atoms with Crippen molar-refractivity contribution in [3.8, 4) is 11.5 Å². The number of halogens is 2. The summed E-state index contributed by atoms with van der Waals surface area (Å²) in [5, 5.41) is 3.10. The molecule has 0 aliphatic heterocycles. The summed E-state index contributed by atoms with van der Waals surface area (Å²) >= 11 is 13.0. The zero-order valence-corrected chi connectivity index (χ0v) is 21.1. The Morgan fingerprint density at radius 3 is 1.24 bits per heavy atom. The molecule has 2 aromatic carbocycles. The lowest BCUT2D eigenvalue weighted by Gasteiger charge is -2.29. The minimum atomic E-state index is -1.28. The summed E-state index contributed by atoms with van der Waals surface area (Å²) in [5.41, 5.74) is 1.77. The van der Waals surface area contributed by atoms with Gasteiger partial charge in [-0.1, -0.05) is 64.7 Å². The van der Waals surface area contributed by atoms with Gasteiger partial charge in [0.2, 0.25) is 0 Å². The highest BCUT2D eigenvalue weighted by Crippen LogP contribution is 2.47. The van der Waals surface area contributed by atoms with Crippen LogP contribution in [0.1, 0.15) is 52.7 Å². The van der Waals surface area contributed by atoms with Gasteiger partial charge in [-0.05, 0) is 35.1 Å². The van der Waals surface area contributed by atoms with Crippen LogP contribution in [-0.2, 0) is 15.4 Å². The number of rotatable bonds is 5. The maximum atomic E-state index is 6.52. The number of ether oxygens (including phenoxy) is 2. The third-order valence-corrected chi connectivity index (χ3v) is 7.05. The normalized spacial score (nSPS) is 12.4. The van der Waals surface area contributed by atoms with E-state index in [-0.39, 0.29) is 10.8 Å². The topological polar surface area (TPSA) is 27.7 Å². The van der Waals surface area contributed by atoms with Crippen molar-refractivity contribution >= 4 is 42.0 Å². The van der Waals surface area contributed by atoms with Crippen molar-refractivity contribution in [3.05, 3.63) is 45.4 Å². The Kier molecular flexibility index (Phi) is 7.55. The molecule has 0 spiro atoms. The highest BCUT2D eigenvalue weighted by Gasteiger charge is 2.31. The SMILES string of the molecule is COc1c(P(OC)c2cc(Cl)cc(C(C)(C)C)c2OC)cc(Cl)cc1C(C)(C)C. The van der Waals surface area contributed by atoms with Crippen molar-refractivity contribution in [2.24, 2.45) is 0 Å². The molecule has 0 aliphatic carbocycles. The number of benzene rings is 2. The Balaban J connectivity index is 2.86. The van der Waals surface area contributed by atoms with Gasteiger partial charge in [-0.15, -0.1) is 0 Å². The number of methoxy groups -OCH3 is 2. The molecule has 0 bridgehead atoms. The van der Waals surface area contributed by atoms with Crippen molar-refractivity contribution in [1.29, 1.82) is 0 Å². The van der Waals surface area contributed by atoms with E-state index < -0.39 is 8.15 Å². The Bertz CT molecular complexity index is 812. The second-order valence-electron chi connectivity index (χ2n) is 8.99. The van der Waals surface area contributed by atoms with Gasteiger partial charge >= 0.3 is 0 Å². The fourth-order valence-corrected chi connectivity index (χ4v) is 5.88. The zero-order valence-electron chi connectivity index (χ0n) is 18.7. The van der Waals surface area contributed by atoms with E-state index >= 15 is 0 Å². The van der Waals surface area contributed by atoms with Crippen LogP contribution >= 0.6 is 31.4 Å². The number of hydrogen-bond donors (Lipinski definition) is 0. The molecule has 3 nitrogen and oxygen atoms in total. The molecular formula is C23H31Cl2O3P. The monoisotopic (exact) mass is 456 g/mol. The summed E-state index contributed by atoms with van der Waals surface area (Å²) in [5.74, 6) is 1.57. The van der Waals surface area contributed by atoms with E-state index in [0.29, 0.717) is 10.0 Å². The van der Waals surface area contributed by atoms with Crippen molar-refractivity contribution in [2.75, 3.05) is 21.3 Å². The molecule has 0 aromatic heterocycles. The Morgan fingerprint density at radius 2 is 1.00 bits per heavy atom. The molecule has 0 fully saturated rings. The van der Waals surface area contributed by atoms with E-state index in [1.54, 1.807) is 21.3 Å². The van der Waals surface area contributed by atoms with E-state index in [4.69, 9.17) is 37.2 Å². The number of hydrogen-bond acceptors (Lipinski definition) is 3. The van der Waals surface area contributed by atoms with Crippen LogP contribution in [-0.4, -0.2) is 21.3 Å². The first-order chi connectivity index (χ1) is 13.3. The zero-order chi connectivity index (χ0) is 22.1. The van der Waals surface area contributed by atoms with Crippen molar-refractivity contribution in [1.82, 2.24) is 0 Å². The van der Waals surface area contributed by atoms with Crippen LogP contribution in [0.15, 0.2) is 24.3 Å². The lowest BCUT2D eigenvalue weighted by Crippen LogP contribution is -2.24. The van der Waals surface area contributed by atoms with Gasteiger partial charge in [0.15, 0.2) is 0 Å². The first kappa shape index (κ1) is 24.3.